The second-order valence-electron chi connectivity index (χ2n) is 5.48. The van der Waals surface area contributed by atoms with Crippen LogP contribution in [0.5, 0.6) is 11.5 Å². The smallest absolute Gasteiger partial charge is 0.127 e. The third-order valence-corrected chi connectivity index (χ3v) is 4.26. The number of benzene rings is 1. The van der Waals surface area contributed by atoms with Gasteiger partial charge in [-0.15, -0.1) is 0 Å². The third kappa shape index (κ3) is 3.63. The van der Waals surface area contributed by atoms with E-state index in [-0.39, 0.29) is 0 Å². The molecule has 1 N–H and O–H groups in total. The highest BCUT2D eigenvalue weighted by Crippen LogP contribution is 2.30. The van der Waals surface area contributed by atoms with E-state index in [0.717, 1.165) is 36.4 Å². The molecule has 0 bridgehead atoms. The van der Waals surface area contributed by atoms with Gasteiger partial charge in [0.05, 0.1) is 14.2 Å². The van der Waals surface area contributed by atoms with Crippen LogP contribution in [0.3, 0.4) is 0 Å². The average molecular weight is 263 g/mol. The maximum atomic E-state index is 5.41. The lowest BCUT2D eigenvalue weighted by Crippen LogP contribution is -2.24. The standard InChI is InChI=1S/C16H25NO2/c1-12-5-4-6-13(12)10-17-11-14-7-8-15(18-2)9-16(14)19-3/h7-9,12-13,17H,4-6,10-11H2,1-3H3. The van der Waals surface area contributed by atoms with Gasteiger partial charge in [0.25, 0.3) is 0 Å². The topological polar surface area (TPSA) is 30.5 Å². The molecule has 2 atom stereocenters. The second kappa shape index (κ2) is 6.80. The van der Waals surface area contributed by atoms with E-state index in [2.05, 4.69) is 18.3 Å². The van der Waals surface area contributed by atoms with Gasteiger partial charge in [0.1, 0.15) is 11.5 Å². The minimum Gasteiger partial charge on any atom is -0.497 e. The molecule has 19 heavy (non-hydrogen) atoms. The van der Waals surface area contributed by atoms with Gasteiger partial charge in [-0.05, 0) is 30.9 Å². The SMILES string of the molecule is COc1ccc(CNCC2CCCC2C)c(OC)c1. The Morgan fingerprint density at radius 2 is 2.05 bits per heavy atom. The molecule has 0 heterocycles. The van der Waals surface area contributed by atoms with Crippen molar-refractivity contribution in [3.63, 3.8) is 0 Å². The van der Waals surface area contributed by atoms with Crippen LogP contribution in [0, 0.1) is 11.8 Å². The first-order chi connectivity index (χ1) is 9.24. The number of methoxy groups -OCH3 is 2. The van der Waals surface area contributed by atoms with Crippen LogP contribution in [0.25, 0.3) is 0 Å². The molecule has 1 fully saturated rings. The maximum Gasteiger partial charge on any atom is 0.127 e. The molecular formula is C16H25NO2. The molecule has 2 rings (SSSR count). The Kier molecular flexibility index (Phi) is 5.08. The van der Waals surface area contributed by atoms with Gasteiger partial charge in [-0.2, -0.15) is 0 Å². The zero-order valence-corrected chi connectivity index (χ0v) is 12.2. The van der Waals surface area contributed by atoms with Crippen LogP contribution in [-0.4, -0.2) is 20.8 Å². The fourth-order valence-electron chi connectivity index (χ4n) is 2.92. The Bertz CT molecular complexity index is 406. The zero-order valence-electron chi connectivity index (χ0n) is 12.2. The molecule has 3 nitrogen and oxygen atoms in total. The largest absolute Gasteiger partial charge is 0.497 e. The lowest BCUT2D eigenvalue weighted by molar-refractivity contribution is 0.379. The predicted octanol–water partition coefficient (Wildman–Crippen LogP) is 3.23. The van der Waals surface area contributed by atoms with Crippen molar-refractivity contribution in [3.8, 4) is 11.5 Å². The third-order valence-electron chi connectivity index (χ3n) is 4.26. The lowest BCUT2D eigenvalue weighted by Gasteiger charge is -2.17. The van der Waals surface area contributed by atoms with Crippen molar-refractivity contribution < 1.29 is 9.47 Å². The van der Waals surface area contributed by atoms with Crippen molar-refractivity contribution >= 4 is 0 Å². The summed E-state index contributed by atoms with van der Waals surface area (Å²) in [4.78, 5) is 0. The van der Waals surface area contributed by atoms with Crippen LogP contribution in [0.1, 0.15) is 31.7 Å². The normalized spacial score (nSPS) is 22.5. The van der Waals surface area contributed by atoms with Crippen molar-refractivity contribution in [2.75, 3.05) is 20.8 Å². The van der Waals surface area contributed by atoms with Crippen LogP contribution in [0.4, 0.5) is 0 Å². The minimum absolute atomic E-state index is 0.837. The second-order valence-corrected chi connectivity index (χ2v) is 5.48. The van der Waals surface area contributed by atoms with Gasteiger partial charge >= 0.3 is 0 Å². The Balaban J connectivity index is 1.88. The molecule has 3 heteroatoms. The van der Waals surface area contributed by atoms with E-state index >= 15 is 0 Å². The summed E-state index contributed by atoms with van der Waals surface area (Å²) in [7, 11) is 3.38. The minimum atomic E-state index is 0.837. The number of nitrogens with one attached hydrogen (secondary N) is 1. The van der Waals surface area contributed by atoms with Gasteiger partial charge in [0.15, 0.2) is 0 Å². The number of ether oxygens (including phenoxy) is 2. The van der Waals surface area contributed by atoms with E-state index in [1.54, 1.807) is 14.2 Å². The van der Waals surface area contributed by atoms with Crippen molar-refractivity contribution in [2.24, 2.45) is 11.8 Å². The maximum absolute atomic E-state index is 5.41. The van der Waals surface area contributed by atoms with Crippen molar-refractivity contribution in [2.45, 2.75) is 32.7 Å². The summed E-state index contributed by atoms with van der Waals surface area (Å²) in [6.45, 7) is 4.33. The molecule has 1 aliphatic carbocycles. The first kappa shape index (κ1) is 14.2. The monoisotopic (exact) mass is 263 g/mol. The summed E-state index contributed by atoms with van der Waals surface area (Å²) >= 11 is 0. The fourth-order valence-corrected chi connectivity index (χ4v) is 2.92. The van der Waals surface area contributed by atoms with E-state index in [9.17, 15) is 0 Å². The van der Waals surface area contributed by atoms with E-state index in [4.69, 9.17) is 9.47 Å². The molecule has 0 aromatic heterocycles. The first-order valence-electron chi connectivity index (χ1n) is 7.16. The van der Waals surface area contributed by atoms with E-state index in [1.165, 1.54) is 24.8 Å². The van der Waals surface area contributed by atoms with Gasteiger partial charge in [-0.25, -0.2) is 0 Å². The summed E-state index contributed by atoms with van der Waals surface area (Å²) < 4.78 is 10.6. The van der Waals surface area contributed by atoms with E-state index in [0.29, 0.717) is 0 Å². The van der Waals surface area contributed by atoms with Crippen LogP contribution < -0.4 is 14.8 Å². The van der Waals surface area contributed by atoms with E-state index < -0.39 is 0 Å². The van der Waals surface area contributed by atoms with Gasteiger partial charge in [-0.1, -0.05) is 25.8 Å². The fraction of sp³-hybridized carbons (Fsp3) is 0.625. The van der Waals surface area contributed by atoms with Crippen LogP contribution in [0.2, 0.25) is 0 Å². The predicted molar refractivity (Wildman–Crippen MR) is 77.8 cm³/mol. The molecule has 1 aromatic rings. The summed E-state index contributed by atoms with van der Waals surface area (Å²) in [5.41, 5.74) is 1.19. The van der Waals surface area contributed by atoms with Gasteiger partial charge < -0.3 is 14.8 Å². The summed E-state index contributed by atoms with van der Waals surface area (Å²) in [5, 5.41) is 3.57. The van der Waals surface area contributed by atoms with Gasteiger partial charge in [0.2, 0.25) is 0 Å². The Morgan fingerprint density at radius 3 is 2.68 bits per heavy atom. The molecule has 0 aliphatic heterocycles. The average Bonchev–Trinajstić information content (AvgIpc) is 2.84. The van der Waals surface area contributed by atoms with Gasteiger partial charge in [0, 0.05) is 18.2 Å². The molecule has 0 radical (unpaired) electrons. The molecule has 1 saturated carbocycles. The summed E-state index contributed by atoms with van der Waals surface area (Å²) in [5.74, 6) is 3.44. The van der Waals surface area contributed by atoms with E-state index in [1.807, 2.05) is 12.1 Å². The Hall–Kier alpha value is -1.22. The Labute approximate surface area is 116 Å². The molecular weight excluding hydrogens is 238 g/mol. The molecule has 2 unspecified atom stereocenters. The summed E-state index contributed by atoms with van der Waals surface area (Å²) in [6.07, 6.45) is 4.14. The van der Waals surface area contributed by atoms with Crippen LogP contribution in [-0.2, 0) is 6.54 Å². The van der Waals surface area contributed by atoms with Crippen molar-refractivity contribution in [1.29, 1.82) is 0 Å². The highest BCUT2D eigenvalue weighted by molar-refractivity contribution is 5.40. The highest BCUT2D eigenvalue weighted by atomic mass is 16.5. The Morgan fingerprint density at radius 1 is 1.21 bits per heavy atom. The molecule has 0 amide bonds. The van der Waals surface area contributed by atoms with Crippen LogP contribution in [0.15, 0.2) is 18.2 Å². The van der Waals surface area contributed by atoms with Crippen LogP contribution >= 0.6 is 0 Å². The molecule has 106 valence electrons. The van der Waals surface area contributed by atoms with Crippen molar-refractivity contribution in [1.82, 2.24) is 5.32 Å². The first-order valence-corrected chi connectivity index (χ1v) is 7.16. The quantitative estimate of drug-likeness (QED) is 0.854. The number of hydrogen-bond acceptors (Lipinski definition) is 3. The molecule has 0 saturated heterocycles. The summed E-state index contributed by atoms with van der Waals surface area (Å²) in [6, 6.07) is 6.00. The number of rotatable bonds is 6. The zero-order chi connectivity index (χ0) is 13.7. The molecule has 0 spiro atoms. The molecule has 1 aromatic carbocycles. The van der Waals surface area contributed by atoms with Gasteiger partial charge in [-0.3, -0.25) is 0 Å². The van der Waals surface area contributed by atoms with Crippen molar-refractivity contribution in [3.05, 3.63) is 23.8 Å². The highest BCUT2D eigenvalue weighted by Gasteiger charge is 2.22. The molecule has 1 aliphatic rings. The lowest BCUT2D eigenvalue weighted by atomic mass is 9.98. The number of hydrogen-bond donors (Lipinski definition) is 1.